The van der Waals surface area contributed by atoms with Crippen LogP contribution in [0.1, 0.15) is 43.0 Å². The molecule has 0 aromatic heterocycles. The van der Waals surface area contributed by atoms with E-state index in [9.17, 15) is 9.50 Å². The molecular weight excluding hydrogens is 313 g/mol. The van der Waals surface area contributed by atoms with Crippen LogP contribution < -0.4 is 5.32 Å². The maximum absolute atomic E-state index is 13.4. The van der Waals surface area contributed by atoms with Crippen molar-refractivity contribution in [3.63, 3.8) is 0 Å². The van der Waals surface area contributed by atoms with Gasteiger partial charge in [0.05, 0.1) is 0 Å². The van der Waals surface area contributed by atoms with E-state index in [4.69, 9.17) is 0 Å². The molecule has 136 valence electrons. The van der Waals surface area contributed by atoms with Gasteiger partial charge in [0.1, 0.15) is 5.82 Å². The predicted octanol–water partition coefficient (Wildman–Crippen LogP) is 4.66. The Kier molecular flexibility index (Phi) is 7.60. The van der Waals surface area contributed by atoms with Gasteiger partial charge in [-0.05, 0) is 60.4 Å². The van der Waals surface area contributed by atoms with Crippen molar-refractivity contribution in [2.75, 3.05) is 13.2 Å². The first-order valence-electron chi connectivity index (χ1n) is 9.13. The van der Waals surface area contributed by atoms with Gasteiger partial charge in [-0.3, -0.25) is 0 Å². The molecule has 2 unspecified atom stereocenters. The van der Waals surface area contributed by atoms with Gasteiger partial charge in [0.25, 0.3) is 0 Å². The Morgan fingerprint density at radius 2 is 1.84 bits per heavy atom. The highest BCUT2D eigenvalue weighted by Crippen LogP contribution is 2.24. The van der Waals surface area contributed by atoms with Crippen molar-refractivity contribution in [2.45, 2.75) is 39.7 Å². The largest absolute Gasteiger partial charge is 0.396 e. The standard InChI is InChI=1S/C22H30FNO/c1-16(2)11-22(21-10-5-4-7-17(21)3)24-14-19(15-25)12-18-8-6-9-20(23)13-18/h4-10,13,16,19,22,24-25H,11-12,14-15H2,1-3H3. The summed E-state index contributed by atoms with van der Waals surface area (Å²) < 4.78 is 13.4. The zero-order valence-electron chi connectivity index (χ0n) is 15.5. The Morgan fingerprint density at radius 1 is 1.08 bits per heavy atom. The van der Waals surface area contributed by atoms with Crippen molar-refractivity contribution in [3.8, 4) is 0 Å². The van der Waals surface area contributed by atoms with E-state index >= 15 is 0 Å². The molecule has 0 aliphatic heterocycles. The second kappa shape index (κ2) is 9.69. The molecule has 25 heavy (non-hydrogen) atoms. The average Bonchev–Trinajstić information content (AvgIpc) is 2.57. The van der Waals surface area contributed by atoms with Gasteiger partial charge in [0.15, 0.2) is 0 Å². The molecule has 2 rings (SSSR count). The molecule has 0 fully saturated rings. The van der Waals surface area contributed by atoms with Gasteiger partial charge in [-0.15, -0.1) is 0 Å². The van der Waals surface area contributed by atoms with Gasteiger partial charge < -0.3 is 10.4 Å². The van der Waals surface area contributed by atoms with E-state index in [1.54, 1.807) is 12.1 Å². The van der Waals surface area contributed by atoms with E-state index in [1.807, 2.05) is 6.07 Å². The lowest BCUT2D eigenvalue weighted by atomic mass is 9.92. The number of nitrogens with one attached hydrogen (secondary N) is 1. The quantitative estimate of drug-likeness (QED) is 0.694. The molecular formula is C22H30FNO. The van der Waals surface area contributed by atoms with Crippen molar-refractivity contribution >= 4 is 0 Å². The number of benzene rings is 2. The number of aliphatic hydroxyl groups is 1. The summed E-state index contributed by atoms with van der Waals surface area (Å²) >= 11 is 0. The second-order valence-electron chi connectivity index (χ2n) is 7.33. The molecule has 0 saturated carbocycles. The number of hydrogen-bond donors (Lipinski definition) is 2. The molecule has 2 aromatic carbocycles. The summed E-state index contributed by atoms with van der Waals surface area (Å²) in [7, 11) is 0. The van der Waals surface area contributed by atoms with Crippen LogP contribution in [0.4, 0.5) is 4.39 Å². The van der Waals surface area contributed by atoms with E-state index in [1.165, 1.54) is 17.2 Å². The van der Waals surface area contributed by atoms with Crippen LogP contribution in [0, 0.1) is 24.6 Å². The second-order valence-corrected chi connectivity index (χ2v) is 7.33. The first kappa shape index (κ1) is 19.6. The van der Waals surface area contributed by atoms with E-state index < -0.39 is 0 Å². The zero-order valence-corrected chi connectivity index (χ0v) is 15.5. The molecule has 2 aromatic rings. The van der Waals surface area contributed by atoms with Gasteiger partial charge in [0.2, 0.25) is 0 Å². The van der Waals surface area contributed by atoms with Gasteiger partial charge in [-0.25, -0.2) is 4.39 Å². The number of aryl methyl sites for hydroxylation is 1. The minimum absolute atomic E-state index is 0.0699. The topological polar surface area (TPSA) is 32.3 Å². The molecule has 0 bridgehead atoms. The molecule has 2 N–H and O–H groups in total. The fraction of sp³-hybridized carbons (Fsp3) is 0.455. The summed E-state index contributed by atoms with van der Waals surface area (Å²) in [5.41, 5.74) is 3.53. The summed E-state index contributed by atoms with van der Waals surface area (Å²) in [4.78, 5) is 0. The molecule has 0 amide bonds. The zero-order chi connectivity index (χ0) is 18.2. The summed E-state index contributed by atoms with van der Waals surface area (Å²) in [6.45, 7) is 7.39. The first-order chi connectivity index (χ1) is 12.0. The maximum Gasteiger partial charge on any atom is 0.123 e. The third kappa shape index (κ3) is 6.26. The van der Waals surface area contributed by atoms with Gasteiger partial charge in [0, 0.05) is 19.2 Å². The van der Waals surface area contributed by atoms with E-state index in [0.29, 0.717) is 18.9 Å². The Labute approximate surface area is 151 Å². The van der Waals surface area contributed by atoms with Crippen LogP contribution in [0.5, 0.6) is 0 Å². The van der Waals surface area contributed by atoms with Crippen LogP contribution >= 0.6 is 0 Å². The van der Waals surface area contributed by atoms with Crippen LogP contribution in [-0.4, -0.2) is 18.3 Å². The minimum Gasteiger partial charge on any atom is -0.396 e. The normalized spacial score (nSPS) is 13.8. The smallest absolute Gasteiger partial charge is 0.123 e. The van der Waals surface area contributed by atoms with Gasteiger partial charge in [-0.2, -0.15) is 0 Å². The van der Waals surface area contributed by atoms with Crippen molar-refractivity contribution in [2.24, 2.45) is 11.8 Å². The van der Waals surface area contributed by atoms with Gasteiger partial charge in [-0.1, -0.05) is 50.2 Å². The highest BCUT2D eigenvalue weighted by Gasteiger charge is 2.17. The summed E-state index contributed by atoms with van der Waals surface area (Å²) in [6.07, 6.45) is 1.71. The molecule has 2 atom stereocenters. The number of halogens is 1. The molecule has 0 saturated heterocycles. The summed E-state index contributed by atoms with van der Waals surface area (Å²) in [6, 6.07) is 15.4. The highest BCUT2D eigenvalue weighted by atomic mass is 19.1. The van der Waals surface area contributed by atoms with Crippen LogP contribution in [0.15, 0.2) is 48.5 Å². The Balaban J connectivity index is 2.03. The molecule has 2 nitrogen and oxygen atoms in total. The summed E-state index contributed by atoms with van der Waals surface area (Å²) in [5, 5.41) is 13.4. The number of hydrogen-bond acceptors (Lipinski definition) is 2. The molecule has 0 heterocycles. The molecule has 0 spiro atoms. The fourth-order valence-corrected chi connectivity index (χ4v) is 3.28. The Bertz CT molecular complexity index is 656. The van der Waals surface area contributed by atoms with Gasteiger partial charge >= 0.3 is 0 Å². The number of rotatable bonds is 9. The third-order valence-corrected chi connectivity index (χ3v) is 4.60. The van der Waals surface area contributed by atoms with E-state index in [-0.39, 0.29) is 24.4 Å². The van der Waals surface area contributed by atoms with Crippen LogP contribution in [0.2, 0.25) is 0 Å². The monoisotopic (exact) mass is 343 g/mol. The number of aliphatic hydroxyl groups excluding tert-OH is 1. The molecule has 0 aliphatic rings. The van der Waals surface area contributed by atoms with Crippen molar-refractivity contribution < 1.29 is 9.50 Å². The van der Waals surface area contributed by atoms with Crippen LogP contribution in [0.3, 0.4) is 0 Å². The predicted molar refractivity (Wildman–Crippen MR) is 102 cm³/mol. The fourth-order valence-electron chi connectivity index (χ4n) is 3.28. The van der Waals surface area contributed by atoms with Crippen LogP contribution in [-0.2, 0) is 6.42 Å². The summed E-state index contributed by atoms with van der Waals surface area (Å²) in [5.74, 6) is 0.424. The first-order valence-corrected chi connectivity index (χ1v) is 9.13. The van der Waals surface area contributed by atoms with Crippen LogP contribution in [0.25, 0.3) is 0 Å². The van der Waals surface area contributed by atoms with Crippen molar-refractivity contribution in [1.29, 1.82) is 0 Å². The maximum atomic E-state index is 13.4. The lowest BCUT2D eigenvalue weighted by Crippen LogP contribution is -2.31. The minimum atomic E-state index is -0.222. The lowest BCUT2D eigenvalue weighted by Gasteiger charge is -2.25. The average molecular weight is 343 g/mol. The molecule has 0 aliphatic carbocycles. The van der Waals surface area contributed by atoms with E-state index in [2.05, 4.69) is 50.4 Å². The molecule has 0 radical (unpaired) electrons. The van der Waals surface area contributed by atoms with Crippen molar-refractivity contribution in [3.05, 3.63) is 71.0 Å². The SMILES string of the molecule is Cc1ccccc1C(CC(C)C)NCC(CO)Cc1cccc(F)c1. The van der Waals surface area contributed by atoms with Crippen molar-refractivity contribution in [1.82, 2.24) is 5.32 Å². The lowest BCUT2D eigenvalue weighted by molar-refractivity contribution is 0.216. The Hall–Kier alpha value is -1.71. The molecule has 3 heteroatoms. The third-order valence-electron chi connectivity index (χ3n) is 4.60. The highest BCUT2D eigenvalue weighted by molar-refractivity contribution is 5.28. The van der Waals surface area contributed by atoms with E-state index in [0.717, 1.165) is 12.0 Å². The Morgan fingerprint density at radius 3 is 2.48 bits per heavy atom.